The lowest BCUT2D eigenvalue weighted by molar-refractivity contribution is -0.119. The number of nitriles is 1. The van der Waals surface area contributed by atoms with Crippen molar-refractivity contribution in [2.24, 2.45) is 0 Å². The Kier molecular flexibility index (Phi) is 3.99. The lowest BCUT2D eigenvalue weighted by Crippen LogP contribution is -2.24. The molecule has 5 nitrogen and oxygen atoms in total. The number of carbonyl (C=O) groups is 1. The van der Waals surface area contributed by atoms with E-state index in [0.29, 0.717) is 10.6 Å². The fourth-order valence-corrected chi connectivity index (χ4v) is 4.00. The van der Waals surface area contributed by atoms with E-state index in [4.69, 9.17) is 0 Å². The van der Waals surface area contributed by atoms with Crippen molar-refractivity contribution in [1.29, 1.82) is 5.26 Å². The Labute approximate surface area is 133 Å². The van der Waals surface area contributed by atoms with Crippen LogP contribution in [0.5, 0.6) is 0 Å². The molecule has 114 valence electrons. The lowest BCUT2D eigenvalue weighted by Gasteiger charge is -2.12. The van der Waals surface area contributed by atoms with E-state index in [1.165, 1.54) is 4.88 Å². The molecule has 2 aromatic rings. The third-order valence-electron chi connectivity index (χ3n) is 4.03. The van der Waals surface area contributed by atoms with Gasteiger partial charge >= 0.3 is 0 Å². The van der Waals surface area contributed by atoms with Gasteiger partial charge in [-0.25, -0.2) is 0 Å². The fraction of sp³-hybridized carbons (Fsp3) is 0.438. The van der Waals surface area contributed by atoms with Crippen molar-refractivity contribution >= 4 is 22.2 Å². The number of fused-ring (bicyclic) bond motifs is 1. The number of thiophene rings is 1. The van der Waals surface area contributed by atoms with E-state index in [0.717, 1.165) is 36.8 Å². The van der Waals surface area contributed by atoms with Gasteiger partial charge in [-0.05, 0) is 50.7 Å². The van der Waals surface area contributed by atoms with Gasteiger partial charge in [-0.3, -0.25) is 9.48 Å². The summed E-state index contributed by atoms with van der Waals surface area (Å²) in [6.07, 6.45) is 7.81. The molecule has 2 heterocycles. The number of nitrogens with zero attached hydrogens (tertiary/aromatic N) is 3. The van der Waals surface area contributed by atoms with Gasteiger partial charge < -0.3 is 5.32 Å². The van der Waals surface area contributed by atoms with E-state index in [1.54, 1.807) is 29.1 Å². The van der Waals surface area contributed by atoms with Crippen molar-refractivity contribution in [1.82, 2.24) is 9.78 Å². The molecule has 1 unspecified atom stereocenters. The largest absolute Gasteiger partial charge is 0.315 e. The maximum atomic E-state index is 12.4. The first-order chi connectivity index (χ1) is 10.6. The van der Waals surface area contributed by atoms with Crippen molar-refractivity contribution in [3.8, 4) is 6.07 Å². The SMILES string of the molecule is Cc1cnn(C(C)C(=O)Nc2sc3c(c2C#N)CCCC3)c1. The molecule has 0 radical (unpaired) electrons. The first-order valence-electron chi connectivity index (χ1n) is 7.46. The molecule has 0 spiro atoms. The zero-order valence-electron chi connectivity index (χ0n) is 12.7. The number of carbonyl (C=O) groups excluding carboxylic acids is 1. The van der Waals surface area contributed by atoms with Crippen LogP contribution in [0, 0.1) is 18.3 Å². The van der Waals surface area contributed by atoms with Crippen LogP contribution >= 0.6 is 11.3 Å². The van der Waals surface area contributed by atoms with Gasteiger partial charge in [-0.2, -0.15) is 10.4 Å². The summed E-state index contributed by atoms with van der Waals surface area (Å²) in [6.45, 7) is 3.75. The maximum absolute atomic E-state index is 12.4. The summed E-state index contributed by atoms with van der Waals surface area (Å²) in [6, 6.07) is 1.86. The Balaban J connectivity index is 1.82. The topological polar surface area (TPSA) is 70.7 Å². The van der Waals surface area contributed by atoms with Gasteiger partial charge in [0.2, 0.25) is 5.91 Å². The van der Waals surface area contributed by atoms with Crippen molar-refractivity contribution < 1.29 is 4.79 Å². The number of nitrogens with one attached hydrogen (secondary N) is 1. The molecular weight excluding hydrogens is 296 g/mol. The Morgan fingerprint density at radius 2 is 2.27 bits per heavy atom. The van der Waals surface area contributed by atoms with Crippen LogP contribution in [-0.4, -0.2) is 15.7 Å². The fourth-order valence-electron chi connectivity index (χ4n) is 2.75. The minimum absolute atomic E-state index is 0.141. The monoisotopic (exact) mass is 314 g/mol. The third-order valence-corrected chi connectivity index (χ3v) is 5.23. The number of hydrogen-bond acceptors (Lipinski definition) is 4. The maximum Gasteiger partial charge on any atom is 0.249 e. The summed E-state index contributed by atoms with van der Waals surface area (Å²) < 4.78 is 1.64. The molecule has 1 aliphatic rings. The number of aryl methyl sites for hydroxylation is 2. The number of aromatic nitrogens is 2. The van der Waals surface area contributed by atoms with E-state index in [9.17, 15) is 10.1 Å². The number of amides is 1. The molecule has 1 aliphatic carbocycles. The first kappa shape index (κ1) is 14.8. The van der Waals surface area contributed by atoms with Crippen molar-refractivity contribution in [3.05, 3.63) is 34.0 Å². The molecule has 1 amide bonds. The highest BCUT2D eigenvalue weighted by Crippen LogP contribution is 2.37. The van der Waals surface area contributed by atoms with E-state index in [2.05, 4.69) is 16.5 Å². The molecule has 2 aromatic heterocycles. The second kappa shape index (κ2) is 5.93. The quantitative estimate of drug-likeness (QED) is 0.945. The van der Waals surface area contributed by atoms with Gasteiger partial charge in [0, 0.05) is 11.1 Å². The van der Waals surface area contributed by atoms with Gasteiger partial charge in [0.25, 0.3) is 0 Å². The molecule has 0 bridgehead atoms. The summed E-state index contributed by atoms with van der Waals surface area (Å²) in [7, 11) is 0. The van der Waals surface area contributed by atoms with E-state index in [1.807, 2.05) is 13.1 Å². The van der Waals surface area contributed by atoms with E-state index >= 15 is 0 Å². The Hall–Kier alpha value is -2.13. The van der Waals surface area contributed by atoms with E-state index in [-0.39, 0.29) is 5.91 Å². The zero-order chi connectivity index (χ0) is 15.7. The van der Waals surface area contributed by atoms with Crippen molar-refractivity contribution in [2.45, 2.75) is 45.6 Å². The molecule has 0 saturated heterocycles. The first-order valence-corrected chi connectivity index (χ1v) is 8.28. The number of hydrogen-bond donors (Lipinski definition) is 1. The van der Waals surface area contributed by atoms with Gasteiger partial charge in [0.05, 0.1) is 11.8 Å². The molecule has 0 aromatic carbocycles. The summed E-state index contributed by atoms with van der Waals surface area (Å²) in [5, 5.41) is 17.2. The molecule has 0 fully saturated rings. The summed E-state index contributed by atoms with van der Waals surface area (Å²) in [4.78, 5) is 13.7. The summed E-state index contributed by atoms with van der Waals surface area (Å²) in [5.41, 5.74) is 2.80. The van der Waals surface area contributed by atoms with Crippen molar-refractivity contribution in [3.63, 3.8) is 0 Å². The predicted octanol–water partition coefficient (Wildman–Crippen LogP) is 3.20. The summed E-state index contributed by atoms with van der Waals surface area (Å²) in [5.74, 6) is -0.141. The van der Waals surface area contributed by atoms with Crippen LogP contribution in [0.25, 0.3) is 0 Å². The van der Waals surface area contributed by atoms with Gasteiger partial charge in [-0.15, -0.1) is 11.3 Å². The van der Waals surface area contributed by atoms with Crippen LogP contribution in [-0.2, 0) is 17.6 Å². The highest BCUT2D eigenvalue weighted by Gasteiger charge is 2.23. The molecule has 0 saturated carbocycles. The van der Waals surface area contributed by atoms with Crippen LogP contribution in [0.2, 0.25) is 0 Å². The Morgan fingerprint density at radius 1 is 1.50 bits per heavy atom. The molecule has 1 atom stereocenters. The van der Waals surface area contributed by atoms with Crippen LogP contribution in [0.3, 0.4) is 0 Å². The average Bonchev–Trinajstić information content (AvgIpc) is 3.09. The van der Waals surface area contributed by atoms with Crippen LogP contribution < -0.4 is 5.32 Å². The highest BCUT2D eigenvalue weighted by molar-refractivity contribution is 7.16. The minimum atomic E-state index is -0.403. The van der Waals surface area contributed by atoms with Crippen LogP contribution in [0.4, 0.5) is 5.00 Å². The summed E-state index contributed by atoms with van der Waals surface area (Å²) >= 11 is 1.55. The predicted molar refractivity (Wildman–Crippen MR) is 86.0 cm³/mol. The number of anilines is 1. The standard InChI is InChI=1S/C16H18N4OS/c1-10-8-18-20(9-10)11(2)15(21)19-16-13(7-17)12-5-3-4-6-14(12)22-16/h8-9,11H,3-6H2,1-2H3,(H,19,21). The lowest BCUT2D eigenvalue weighted by atomic mass is 9.96. The zero-order valence-corrected chi connectivity index (χ0v) is 13.5. The smallest absolute Gasteiger partial charge is 0.249 e. The normalized spacial score (nSPS) is 15.0. The second-order valence-corrected chi connectivity index (χ2v) is 6.79. The molecule has 6 heteroatoms. The average molecular weight is 314 g/mol. The van der Waals surface area contributed by atoms with Crippen LogP contribution in [0.1, 0.15) is 47.4 Å². The molecule has 22 heavy (non-hydrogen) atoms. The van der Waals surface area contributed by atoms with Crippen LogP contribution in [0.15, 0.2) is 12.4 Å². The Morgan fingerprint density at radius 3 is 2.95 bits per heavy atom. The third kappa shape index (κ3) is 2.64. The van der Waals surface area contributed by atoms with E-state index < -0.39 is 6.04 Å². The molecule has 1 N–H and O–H groups in total. The molecule has 0 aliphatic heterocycles. The molecular formula is C16H18N4OS. The highest BCUT2D eigenvalue weighted by atomic mass is 32.1. The van der Waals surface area contributed by atoms with Gasteiger partial charge in [0.1, 0.15) is 17.1 Å². The number of rotatable bonds is 3. The van der Waals surface area contributed by atoms with Gasteiger partial charge in [-0.1, -0.05) is 0 Å². The van der Waals surface area contributed by atoms with Gasteiger partial charge in [0.15, 0.2) is 0 Å². The second-order valence-electron chi connectivity index (χ2n) is 5.69. The minimum Gasteiger partial charge on any atom is -0.315 e. The van der Waals surface area contributed by atoms with Crippen molar-refractivity contribution in [2.75, 3.05) is 5.32 Å². The Bertz CT molecular complexity index is 753. The molecule has 3 rings (SSSR count).